The predicted octanol–water partition coefficient (Wildman–Crippen LogP) is 4.19. The maximum Gasteiger partial charge on any atom is 0.221 e. The molecule has 2 aliphatic rings. The van der Waals surface area contributed by atoms with Crippen LogP contribution in [-0.2, 0) is 17.6 Å². The zero-order valence-corrected chi connectivity index (χ0v) is 15.2. The monoisotopic (exact) mass is 336 g/mol. The number of nitrogens with one attached hydrogen (secondary N) is 1. The first-order chi connectivity index (χ1) is 10.6. The molecule has 1 fully saturated rings. The summed E-state index contributed by atoms with van der Waals surface area (Å²) in [7, 11) is 0. The zero-order chi connectivity index (χ0) is 15.6. The maximum absolute atomic E-state index is 11.3. The van der Waals surface area contributed by atoms with Crippen molar-refractivity contribution < 1.29 is 4.79 Å². The second-order valence-electron chi connectivity index (χ2n) is 7.01. The van der Waals surface area contributed by atoms with Crippen LogP contribution < -0.4 is 5.32 Å². The molecule has 4 heteroatoms. The molecule has 0 aromatic heterocycles. The minimum Gasteiger partial charge on any atom is -0.326 e. The normalized spacial score (nSPS) is 23.9. The number of likely N-dealkylation sites (tertiary alicyclic amines) is 1. The number of halogens is 1. The van der Waals surface area contributed by atoms with Crippen LogP contribution in [0.2, 0.25) is 0 Å². The average molecular weight is 337 g/mol. The number of fused-ring (bicyclic) bond motifs is 1. The molecular weight excluding hydrogens is 308 g/mol. The molecule has 128 valence electrons. The second-order valence-corrected chi connectivity index (χ2v) is 7.01. The first kappa shape index (κ1) is 18.3. The Hall–Kier alpha value is -1.06. The molecule has 0 saturated carbocycles. The molecule has 1 N–H and O–H groups in total. The van der Waals surface area contributed by atoms with Gasteiger partial charge in [-0.15, -0.1) is 12.4 Å². The summed E-state index contributed by atoms with van der Waals surface area (Å²) in [5.74, 6) is 0.00995. The number of piperidine rings is 1. The number of aryl methyl sites for hydroxylation is 1. The van der Waals surface area contributed by atoms with Crippen molar-refractivity contribution in [2.75, 3.05) is 18.4 Å². The van der Waals surface area contributed by atoms with Gasteiger partial charge in [0.05, 0.1) is 0 Å². The molecular formula is C19H29ClN2O. The Balaban J connectivity index is 0.00000192. The molecule has 1 aliphatic heterocycles. The van der Waals surface area contributed by atoms with E-state index in [0.29, 0.717) is 5.54 Å². The van der Waals surface area contributed by atoms with E-state index in [2.05, 4.69) is 29.3 Å². The first-order valence-electron chi connectivity index (χ1n) is 8.77. The highest BCUT2D eigenvalue weighted by atomic mass is 35.5. The van der Waals surface area contributed by atoms with Crippen molar-refractivity contribution in [1.82, 2.24) is 4.90 Å². The van der Waals surface area contributed by atoms with Crippen molar-refractivity contribution in [3.05, 3.63) is 29.3 Å². The van der Waals surface area contributed by atoms with E-state index in [4.69, 9.17) is 0 Å². The van der Waals surface area contributed by atoms with E-state index in [-0.39, 0.29) is 18.3 Å². The smallest absolute Gasteiger partial charge is 0.221 e. The van der Waals surface area contributed by atoms with Gasteiger partial charge in [0.1, 0.15) is 0 Å². The van der Waals surface area contributed by atoms with E-state index in [1.165, 1.54) is 62.7 Å². The number of amides is 1. The third-order valence-corrected chi connectivity index (χ3v) is 5.39. The van der Waals surface area contributed by atoms with E-state index in [0.717, 1.165) is 12.1 Å². The fourth-order valence-corrected chi connectivity index (χ4v) is 4.38. The lowest BCUT2D eigenvalue weighted by molar-refractivity contribution is -0.114. The van der Waals surface area contributed by atoms with Crippen LogP contribution in [0.15, 0.2) is 18.2 Å². The average Bonchev–Trinajstić information content (AvgIpc) is 2.49. The first-order valence-corrected chi connectivity index (χ1v) is 8.77. The van der Waals surface area contributed by atoms with Crippen LogP contribution in [-0.4, -0.2) is 29.4 Å². The topological polar surface area (TPSA) is 32.3 Å². The Kier molecular flexibility index (Phi) is 6.10. The van der Waals surface area contributed by atoms with Crippen LogP contribution in [0.4, 0.5) is 5.69 Å². The molecule has 1 amide bonds. The SMILES string of the molecule is CCCN1CCCCC12CCc1ccc(NC(C)=O)cc1C2.Cl. The number of rotatable bonds is 3. The second kappa shape index (κ2) is 7.67. The van der Waals surface area contributed by atoms with Gasteiger partial charge in [0.2, 0.25) is 5.91 Å². The van der Waals surface area contributed by atoms with Crippen LogP contribution >= 0.6 is 12.4 Å². The molecule has 1 aliphatic carbocycles. The molecule has 1 saturated heterocycles. The van der Waals surface area contributed by atoms with Gasteiger partial charge in [-0.1, -0.05) is 19.4 Å². The molecule has 1 aromatic rings. The fourth-order valence-electron chi connectivity index (χ4n) is 4.38. The van der Waals surface area contributed by atoms with E-state index >= 15 is 0 Å². The van der Waals surface area contributed by atoms with Gasteiger partial charge in [0.25, 0.3) is 0 Å². The third-order valence-electron chi connectivity index (χ3n) is 5.39. The summed E-state index contributed by atoms with van der Waals surface area (Å²) in [4.78, 5) is 14.0. The zero-order valence-electron chi connectivity index (χ0n) is 14.4. The quantitative estimate of drug-likeness (QED) is 0.897. The van der Waals surface area contributed by atoms with Crippen molar-refractivity contribution in [1.29, 1.82) is 0 Å². The molecule has 1 heterocycles. The number of carbonyl (C=O) groups excluding carboxylic acids is 1. The molecule has 1 spiro atoms. The fraction of sp³-hybridized carbons (Fsp3) is 0.632. The minimum absolute atomic E-state index is 0. The molecule has 1 unspecified atom stereocenters. The molecule has 1 atom stereocenters. The van der Waals surface area contributed by atoms with Crippen LogP contribution in [0.1, 0.15) is 57.1 Å². The number of benzene rings is 1. The van der Waals surface area contributed by atoms with Crippen LogP contribution in [0.25, 0.3) is 0 Å². The minimum atomic E-state index is 0. The summed E-state index contributed by atoms with van der Waals surface area (Å²) in [6.07, 6.45) is 8.89. The highest BCUT2D eigenvalue weighted by Crippen LogP contribution is 2.40. The lowest BCUT2D eigenvalue weighted by Gasteiger charge is -2.50. The largest absolute Gasteiger partial charge is 0.326 e. The van der Waals surface area contributed by atoms with Crippen molar-refractivity contribution in [2.24, 2.45) is 0 Å². The Morgan fingerprint density at radius 3 is 2.83 bits per heavy atom. The Morgan fingerprint density at radius 1 is 1.26 bits per heavy atom. The Morgan fingerprint density at radius 2 is 2.09 bits per heavy atom. The molecule has 3 rings (SSSR count). The number of anilines is 1. The number of nitrogens with zero attached hydrogens (tertiary/aromatic N) is 1. The van der Waals surface area contributed by atoms with Gasteiger partial charge in [0, 0.05) is 18.2 Å². The van der Waals surface area contributed by atoms with Gasteiger partial charge in [0.15, 0.2) is 0 Å². The van der Waals surface area contributed by atoms with E-state index < -0.39 is 0 Å². The van der Waals surface area contributed by atoms with Crippen LogP contribution in [0.3, 0.4) is 0 Å². The lowest BCUT2D eigenvalue weighted by atomic mass is 9.72. The van der Waals surface area contributed by atoms with Gasteiger partial charge in [-0.3, -0.25) is 9.69 Å². The summed E-state index contributed by atoms with van der Waals surface area (Å²) >= 11 is 0. The van der Waals surface area contributed by atoms with Gasteiger partial charge >= 0.3 is 0 Å². The summed E-state index contributed by atoms with van der Waals surface area (Å²) in [5, 5.41) is 2.93. The number of hydrogen-bond acceptors (Lipinski definition) is 2. The van der Waals surface area contributed by atoms with E-state index in [9.17, 15) is 4.79 Å². The standard InChI is InChI=1S/C19H28N2O.ClH/c1-3-11-21-12-5-4-9-19(21)10-8-16-6-7-18(20-15(2)22)13-17(16)14-19;/h6-7,13H,3-5,8-12,14H2,1-2H3,(H,20,22);1H. The third kappa shape index (κ3) is 3.89. The number of hydrogen-bond donors (Lipinski definition) is 1. The summed E-state index contributed by atoms with van der Waals surface area (Å²) < 4.78 is 0. The van der Waals surface area contributed by atoms with Gasteiger partial charge in [-0.2, -0.15) is 0 Å². The van der Waals surface area contributed by atoms with Crippen molar-refractivity contribution in [3.8, 4) is 0 Å². The molecule has 0 bridgehead atoms. The lowest BCUT2D eigenvalue weighted by Crippen LogP contribution is -2.55. The molecule has 0 radical (unpaired) electrons. The Bertz CT molecular complexity index is 558. The van der Waals surface area contributed by atoms with Gasteiger partial charge in [-0.25, -0.2) is 0 Å². The highest BCUT2D eigenvalue weighted by Gasteiger charge is 2.40. The van der Waals surface area contributed by atoms with Crippen molar-refractivity contribution >= 4 is 24.0 Å². The summed E-state index contributed by atoms with van der Waals surface area (Å²) in [6, 6.07) is 6.46. The van der Waals surface area contributed by atoms with Crippen molar-refractivity contribution in [2.45, 2.75) is 64.3 Å². The highest BCUT2D eigenvalue weighted by molar-refractivity contribution is 5.88. The number of carbonyl (C=O) groups is 1. The van der Waals surface area contributed by atoms with E-state index in [1.54, 1.807) is 6.92 Å². The Labute approximate surface area is 146 Å². The van der Waals surface area contributed by atoms with Gasteiger partial charge < -0.3 is 5.32 Å². The molecule has 1 aromatic carbocycles. The molecule has 23 heavy (non-hydrogen) atoms. The van der Waals surface area contributed by atoms with Crippen LogP contribution in [0, 0.1) is 0 Å². The van der Waals surface area contributed by atoms with E-state index in [1.807, 2.05) is 6.07 Å². The maximum atomic E-state index is 11.3. The summed E-state index contributed by atoms with van der Waals surface area (Å²) in [6.45, 7) is 6.34. The molecule has 3 nitrogen and oxygen atoms in total. The predicted molar refractivity (Wildman–Crippen MR) is 98.5 cm³/mol. The van der Waals surface area contributed by atoms with Crippen molar-refractivity contribution in [3.63, 3.8) is 0 Å². The van der Waals surface area contributed by atoms with Gasteiger partial charge in [-0.05, 0) is 74.9 Å². The summed E-state index contributed by atoms with van der Waals surface area (Å²) in [5.41, 5.74) is 4.24. The van der Waals surface area contributed by atoms with Crippen LogP contribution in [0.5, 0.6) is 0 Å².